The number of halogens is 3. The molecule has 0 bridgehead atoms. The third kappa shape index (κ3) is 3.99. The van der Waals surface area contributed by atoms with E-state index in [0.717, 1.165) is 50.2 Å². The van der Waals surface area contributed by atoms with Gasteiger partial charge in [0, 0.05) is 25.2 Å². The molecule has 0 spiro atoms. The lowest BCUT2D eigenvalue weighted by Crippen LogP contribution is -2.16. The molecule has 1 saturated carbocycles. The summed E-state index contributed by atoms with van der Waals surface area (Å²) in [6, 6.07) is 0.941. The summed E-state index contributed by atoms with van der Waals surface area (Å²) >= 11 is 1.51. The van der Waals surface area contributed by atoms with Gasteiger partial charge in [0.2, 0.25) is 0 Å². The Bertz CT molecular complexity index is 1310. The molecule has 1 aliphatic rings. The van der Waals surface area contributed by atoms with E-state index in [1.165, 1.54) is 29.9 Å². The molecular weight excluding hydrogens is 441 g/mol. The molecule has 4 aromatic rings. The van der Waals surface area contributed by atoms with Crippen LogP contribution in [0.15, 0.2) is 30.9 Å². The van der Waals surface area contributed by atoms with E-state index in [9.17, 15) is 18.0 Å². The molecule has 5 rings (SSSR count). The van der Waals surface area contributed by atoms with Gasteiger partial charge >= 0.3 is 6.18 Å². The lowest BCUT2D eigenvalue weighted by Gasteiger charge is -2.13. The second-order valence-corrected chi connectivity index (χ2v) is 8.96. The quantitative estimate of drug-likeness (QED) is 0.430. The number of ketones is 1. The Labute approximate surface area is 184 Å². The van der Waals surface area contributed by atoms with Crippen LogP contribution in [0.1, 0.15) is 46.0 Å². The molecule has 4 aromatic heterocycles. The second kappa shape index (κ2) is 7.73. The van der Waals surface area contributed by atoms with Crippen molar-refractivity contribution < 1.29 is 18.0 Å². The van der Waals surface area contributed by atoms with Gasteiger partial charge < -0.3 is 0 Å². The van der Waals surface area contributed by atoms with E-state index >= 15 is 0 Å². The van der Waals surface area contributed by atoms with Crippen LogP contribution >= 0.6 is 11.3 Å². The maximum atomic E-state index is 13.6. The summed E-state index contributed by atoms with van der Waals surface area (Å²) in [6.45, 7) is 1.92. The number of pyridine rings is 2. The Balaban J connectivity index is 1.42. The van der Waals surface area contributed by atoms with Crippen molar-refractivity contribution in [2.24, 2.45) is 0 Å². The van der Waals surface area contributed by atoms with Crippen LogP contribution in [-0.2, 0) is 23.8 Å². The smallest absolute Gasteiger partial charge is 0.299 e. The maximum Gasteiger partial charge on any atom is 0.420 e. The van der Waals surface area contributed by atoms with Gasteiger partial charge in [-0.25, -0.2) is 15.0 Å². The van der Waals surface area contributed by atoms with Gasteiger partial charge in [0.15, 0.2) is 5.82 Å². The number of nitrogens with zero attached hydrogens (tertiary/aromatic N) is 6. The topological polar surface area (TPSA) is 86.5 Å². The number of carbonyl (C=O) groups is 1. The zero-order valence-corrected chi connectivity index (χ0v) is 17.7. The lowest BCUT2D eigenvalue weighted by atomic mass is 9.97. The van der Waals surface area contributed by atoms with Crippen LogP contribution in [0.5, 0.6) is 0 Å². The SMILES string of the molecule is Cc1nc2c(C3CC3)c(CC(=O)Cc3cnc(-n4nccn4)c(C(F)(F)F)c3)cnc2s1. The van der Waals surface area contributed by atoms with E-state index in [0.29, 0.717) is 5.92 Å². The second-order valence-electron chi connectivity index (χ2n) is 7.78. The molecule has 11 heteroatoms. The molecule has 0 atom stereocenters. The van der Waals surface area contributed by atoms with Crippen molar-refractivity contribution in [3.63, 3.8) is 0 Å². The number of fused-ring (bicyclic) bond motifs is 1. The lowest BCUT2D eigenvalue weighted by molar-refractivity contribution is -0.138. The molecule has 0 amide bonds. The summed E-state index contributed by atoms with van der Waals surface area (Å²) in [5.41, 5.74) is 1.90. The third-order valence-electron chi connectivity index (χ3n) is 5.27. The zero-order chi connectivity index (χ0) is 22.5. The van der Waals surface area contributed by atoms with E-state index in [1.807, 2.05) is 6.92 Å². The Kier molecular flexibility index (Phi) is 5.00. The van der Waals surface area contributed by atoms with Gasteiger partial charge in [-0.05, 0) is 48.4 Å². The molecule has 4 heterocycles. The number of aryl methyl sites for hydroxylation is 1. The van der Waals surface area contributed by atoms with Gasteiger partial charge in [-0.1, -0.05) is 11.3 Å². The van der Waals surface area contributed by atoms with Crippen molar-refractivity contribution in [2.75, 3.05) is 0 Å². The van der Waals surface area contributed by atoms with Crippen LogP contribution in [0.2, 0.25) is 0 Å². The van der Waals surface area contributed by atoms with Crippen LogP contribution in [0.4, 0.5) is 13.2 Å². The van der Waals surface area contributed by atoms with Crippen molar-refractivity contribution >= 4 is 27.5 Å². The van der Waals surface area contributed by atoms with Crippen molar-refractivity contribution in [1.29, 1.82) is 0 Å². The Hall–Kier alpha value is -3.21. The van der Waals surface area contributed by atoms with Crippen LogP contribution in [-0.4, -0.2) is 35.7 Å². The molecule has 0 unspecified atom stereocenters. The fraction of sp³-hybridized carbons (Fsp3) is 0.333. The van der Waals surface area contributed by atoms with Crippen LogP contribution in [0, 0.1) is 6.92 Å². The molecule has 32 heavy (non-hydrogen) atoms. The summed E-state index contributed by atoms with van der Waals surface area (Å²) in [5.74, 6) is -0.271. The summed E-state index contributed by atoms with van der Waals surface area (Å²) < 4.78 is 40.8. The fourth-order valence-corrected chi connectivity index (χ4v) is 4.57. The van der Waals surface area contributed by atoms with Gasteiger partial charge in [0.1, 0.15) is 21.7 Å². The van der Waals surface area contributed by atoms with Gasteiger partial charge in [0.25, 0.3) is 0 Å². The number of rotatable bonds is 6. The van der Waals surface area contributed by atoms with Crippen molar-refractivity contribution in [1.82, 2.24) is 29.9 Å². The number of Topliss-reactive ketones (excluding diaryl/α,β-unsaturated/α-hetero) is 1. The molecule has 7 nitrogen and oxygen atoms in total. The zero-order valence-electron chi connectivity index (χ0n) is 16.9. The molecule has 1 fully saturated rings. The van der Waals surface area contributed by atoms with E-state index in [-0.39, 0.29) is 24.2 Å². The van der Waals surface area contributed by atoms with Crippen molar-refractivity contribution in [3.05, 3.63) is 58.1 Å². The van der Waals surface area contributed by atoms with Crippen LogP contribution in [0.25, 0.3) is 16.2 Å². The van der Waals surface area contributed by atoms with E-state index in [4.69, 9.17) is 0 Å². The Morgan fingerprint density at radius 2 is 1.91 bits per heavy atom. The van der Waals surface area contributed by atoms with Gasteiger partial charge in [-0.2, -0.15) is 23.4 Å². The van der Waals surface area contributed by atoms with Gasteiger partial charge in [-0.15, -0.1) is 4.80 Å². The maximum absolute atomic E-state index is 13.6. The fourth-order valence-electron chi connectivity index (χ4n) is 3.80. The van der Waals surface area contributed by atoms with Crippen molar-refractivity contribution in [2.45, 2.75) is 44.7 Å². The highest BCUT2D eigenvalue weighted by Crippen LogP contribution is 2.45. The monoisotopic (exact) mass is 458 g/mol. The van der Waals surface area contributed by atoms with E-state index in [2.05, 4.69) is 25.1 Å². The van der Waals surface area contributed by atoms with Crippen molar-refractivity contribution in [3.8, 4) is 5.82 Å². The third-order valence-corrected chi connectivity index (χ3v) is 6.15. The molecule has 0 N–H and O–H groups in total. The van der Waals surface area contributed by atoms with Crippen LogP contribution < -0.4 is 0 Å². The van der Waals surface area contributed by atoms with E-state index in [1.54, 1.807) is 6.20 Å². The van der Waals surface area contributed by atoms with Gasteiger partial charge in [-0.3, -0.25) is 4.79 Å². The minimum absolute atomic E-state index is 0.0924. The first kappa shape index (κ1) is 20.7. The molecule has 1 aliphatic carbocycles. The number of hydrogen-bond acceptors (Lipinski definition) is 7. The largest absolute Gasteiger partial charge is 0.420 e. The average molecular weight is 458 g/mol. The highest BCUT2D eigenvalue weighted by molar-refractivity contribution is 7.18. The van der Waals surface area contributed by atoms with Gasteiger partial charge in [0.05, 0.1) is 17.4 Å². The number of hydrogen-bond donors (Lipinski definition) is 0. The molecule has 0 aliphatic heterocycles. The first-order valence-electron chi connectivity index (χ1n) is 9.99. The standard InChI is InChI=1S/C21H17F3N6OS/c1-11-29-18-17(13-2-3-13)14(10-26-20(18)32-11)8-15(31)6-12-7-16(21(22,23)24)19(25-9-12)30-27-4-5-28-30/h4-5,7,9-10,13H,2-3,6,8H2,1H3. The highest BCUT2D eigenvalue weighted by atomic mass is 32.1. The Morgan fingerprint density at radius 3 is 2.59 bits per heavy atom. The molecule has 164 valence electrons. The summed E-state index contributed by atoms with van der Waals surface area (Å²) in [4.78, 5) is 27.4. The molecule has 0 radical (unpaired) electrons. The first-order chi connectivity index (χ1) is 15.3. The number of alkyl halides is 3. The minimum Gasteiger partial charge on any atom is -0.299 e. The predicted octanol–water partition coefficient (Wildman–Crippen LogP) is 4.23. The highest BCUT2D eigenvalue weighted by Gasteiger charge is 2.36. The van der Waals surface area contributed by atoms with E-state index < -0.39 is 17.6 Å². The average Bonchev–Trinajstić information content (AvgIpc) is 3.26. The van der Waals surface area contributed by atoms with Crippen LogP contribution in [0.3, 0.4) is 0 Å². The molecule has 0 aromatic carbocycles. The number of aromatic nitrogens is 6. The summed E-state index contributed by atoms with van der Waals surface area (Å²) in [5, 5.41) is 8.37. The Morgan fingerprint density at radius 1 is 1.16 bits per heavy atom. The minimum atomic E-state index is -4.66. The predicted molar refractivity (Wildman–Crippen MR) is 111 cm³/mol. The summed E-state index contributed by atoms with van der Waals surface area (Å²) in [7, 11) is 0. The first-order valence-corrected chi connectivity index (χ1v) is 10.8. The number of thiazole rings is 1. The summed E-state index contributed by atoms with van der Waals surface area (Å²) in [6.07, 6.45) is 2.85. The molecule has 0 saturated heterocycles. The number of carbonyl (C=O) groups excluding carboxylic acids is 1. The molecular formula is C21H17F3N6OS. The normalized spacial score (nSPS) is 14.2.